The van der Waals surface area contributed by atoms with Gasteiger partial charge in [0, 0.05) is 26.0 Å². The molecule has 22 heavy (non-hydrogen) atoms. The molecule has 1 aliphatic rings. The van der Waals surface area contributed by atoms with Crippen molar-refractivity contribution in [3.63, 3.8) is 0 Å². The van der Waals surface area contributed by atoms with Gasteiger partial charge >= 0.3 is 5.97 Å². The summed E-state index contributed by atoms with van der Waals surface area (Å²) in [7, 11) is -1.34. The molecule has 0 N–H and O–H groups in total. The summed E-state index contributed by atoms with van der Waals surface area (Å²) in [5.74, 6) is 0.562. The average molecular weight is 325 g/mol. The van der Waals surface area contributed by atoms with Gasteiger partial charge in [0.1, 0.15) is 5.78 Å². The molecule has 0 radical (unpaired) electrons. The maximum atomic E-state index is 12.0. The summed E-state index contributed by atoms with van der Waals surface area (Å²) in [6.45, 7) is 9.07. The van der Waals surface area contributed by atoms with Crippen LogP contribution in [0.2, 0.25) is 25.7 Å². The second-order valence-electron chi connectivity index (χ2n) is 7.53. The minimum absolute atomic E-state index is 0.154. The Hall–Kier alpha value is -0.903. The number of Topliss-reactive ketones (excluding diaryl/α,β-unsaturated/α-hetero) is 1. The summed E-state index contributed by atoms with van der Waals surface area (Å²) in [6.07, 6.45) is 8.98. The minimum atomic E-state index is -1.34. The smallest absolute Gasteiger partial charge is 0.333 e. The lowest BCUT2D eigenvalue weighted by atomic mass is 9.84. The van der Waals surface area contributed by atoms with Gasteiger partial charge in [0.25, 0.3) is 0 Å². The van der Waals surface area contributed by atoms with E-state index in [0.717, 1.165) is 50.1 Å². The van der Waals surface area contributed by atoms with Gasteiger partial charge in [-0.05, 0) is 45.1 Å². The van der Waals surface area contributed by atoms with Gasteiger partial charge in [0.05, 0.1) is 6.61 Å². The highest BCUT2D eigenvalue weighted by atomic mass is 28.3. The maximum Gasteiger partial charge on any atom is 0.333 e. The fourth-order valence-corrected chi connectivity index (χ4v) is 4.46. The Kier molecular flexibility index (Phi) is 8.08. The molecule has 1 saturated carbocycles. The first-order valence-corrected chi connectivity index (χ1v) is 12.4. The molecule has 0 aliphatic heterocycles. The van der Waals surface area contributed by atoms with E-state index < -0.39 is 8.07 Å². The van der Waals surface area contributed by atoms with Gasteiger partial charge < -0.3 is 4.74 Å². The summed E-state index contributed by atoms with van der Waals surface area (Å²) in [5, 5.41) is 0. The van der Waals surface area contributed by atoms with Crippen LogP contribution >= 0.6 is 0 Å². The van der Waals surface area contributed by atoms with Crippen molar-refractivity contribution in [2.24, 2.45) is 5.92 Å². The van der Waals surface area contributed by atoms with Gasteiger partial charge in [0.2, 0.25) is 0 Å². The third-order valence-electron chi connectivity index (χ3n) is 4.09. The van der Waals surface area contributed by atoms with Crippen LogP contribution in [0, 0.1) is 5.92 Å². The molecule has 1 rings (SSSR count). The van der Waals surface area contributed by atoms with Crippen LogP contribution in [0.1, 0.15) is 51.9 Å². The van der Waals surface area contributed by atoms with Crippen molar-refractivity contribution in [3.8, 4) is 0 Å². The lowest BCUT2D eigenvalue weighted by Crippen LogP contribution is -2.23. The molecule has 0 amide bonds. The first kappa shape index (κ1) is 19.1. The molecule has 126 valence electrons. The number of hydrogen-bond donors (Lipinski definition) is 0. The third-order valence-corrected chi connectivity index (χ3v) is 5.53. The molecular weight excluding hydrogens is 292 g/mol. The van der Waals surface area contributed by atoms with E-state index >= 15 is 0 Å². The maximum absolute atomic E-state index is 12.0. The second-order valence-corrected chi connectivity index (χ2v) is 13.0. The standard InChI is InChI=1S/C18H32O3Si/c1-5-21-18(20)16(14-22(2,3)4)12-7-6-10-15-11-8-9-13-17(15)19/h12,15H,5-11,13-14H2,1-4H3/b16-12+. The number of ether oxygens (including phenoxy) is 1. The second kappa shape index (κ2) is 9.28. The number of rotatable bonds is 8. The van der Waals surface area contributed by atoms with Crippen LogP contribution in [0.15, 0.2) is 11.6 Å². The van der Waals surface area contributed by atoms with E-state index in [1.54, 1.807) is 0 Å². The molecule has 3 nitrogen and oxygen atoms in total. The van der Waals surface area contributed by atoms with Crippen LogP contribution in [0.25, 0.3) is 0 Å². The SMILES string of the molecule is CCOC(=O)/C(=C/CCCC1CCCCC1=O)C[Si](C)(C)C. The molecule has 0 heterocycles. The third kappa shape index (κ3) is 7.39. The van der Waals surface area contributed by atoms with E-state index in [1.165, 1.54) is 6.42 Å². The molecule has 1 fully saturated rings. The number of esters is 1. The van der Waals surface area contributed by atoms with Crippen LogP contribution in [-0.2, 0) is 14.3 Å². The van der Waals surface area contributed by atoms with Gasteiger partial charge in [-0.25, -0.2) is 4.79 Å². The van der Waals surface area contributed by atoms with Gasteiger partial charge in [-0.2, -0.15) is 0 Å². The van der Waals surface area contributed by atoms with Gasteiger partial charge in [-0.1, -0.05) is 32.1 Å². The van der Waals surface area contributed by atoms with E-state index in [-0.39, 0.29) is 11.9 Å². The highest BCUT2D eigenvalue weighted by Crippen LogP contribution is 2.25. The highest BCUT2D eigenvalue weighted by Gasteiger charge is 2.22. The van der Waals surface area contributed by atoms with Crippen LogP contribution in [-0.4, -0.2) is 26.4 Å². The highest BCUT2D eigenvalue weighted by molar-refractivity contribution is 6.77. The molecule has 0 aromatic heterocycles. The summed E-state index contributed by atoms with van der Waals surface area (Å²) >= 11 is 0. The average Bonchev–Trinajstić information content (AvgIpc) is 2.43. The van der Waals surface area contributed by atoms with E-state index in [0.29, 0.717) is 12.4 Å². The van der Waals surface area contributed by atoms with E-state index in [1.807, 2.05) is 6.92 Å². The molecule has 1 atom stereocenters. The van der Waals surface area contributed by atoms with E-state index in [2.05, 4.69) is 25.7 Å². The predicted molar refractivity (Wildman–Crippen MR) is 93.7 cm³/mol. The largest absolute Gasteiger partial charge is 0.463 e. The van der Waals surface area contributed by atoms with Crippen molar-refractivity contribution < 1.29 is 14.3 Å². The number of ketones is 1. The Morgan fingerprint density at radius 2 is 2.05 bits per heavy atom. The van der Waals surface area contributed by atoms with Crippen molar-refractivity contribution in [1.82, 2.24) is 0 Å². The summed E-state index contributed by atoms with van der Waals surface area (Å²) in [6, 6.07) is 0.869. The van der Waals surface area contributed by atoms with Gasteiger partial charge in [-0.15, -0.1) is 0 Å². The molecule has 1 aliphatic carbocycles. The first-order chi connectivity index (χ1) is 10.3. The number of carbonyl (C=O) groups is 2. The van der Waals surface area contributed by atoms with Gasteiger partial charge in [0.15, 0.2) is 0 Å². The summed E-state index contributed by atoms with van der Waals surface area (Å²) in [5.41, 5.74) is 0.844. The van der Waals surface area contributed by atoms with Crippen molar-refractivity contribution in [3.05, 3.63) is 11.6 Å². The molecule has 4 heteroatoms. The number of hydrogen-bond acceptors (Lipinski definition) is 3. The normalized spacial score (nSPS) is 20.1. The lowest BCUT2D eigenvalue weighted by Gasteiger charge is -2.20. The number of carbonyl (C=O) groups excluding carboxylic acids is 2. The van der Waals surface area contributed by atoms with Crippen molar-refractivity contribution >= 4 is 19.8 Å². The van der Waals surface area contributed by atoms with Crippen LogP contribution in [0.3, 0.4) is 0 Å². The lowest BCUT2D eigenvalue weighted by molar-refractivity contribution is -0.138. The van der Waals surface area contributed by atoms with E-state index in [9.17, 15) is 9.59 Å². The Labute approximate surface area is 136 Å². The Bertz CT molecular complexity index is 407. The molecule has 0 bridgehead atoms. The molecule has 0 aromatic rings. The summed E-state index contributed by atoms with van der Waals surface area (Å²) in [4.78, 5) is 23.9. The number of unbranched alkanes of at least 4 members (excludes halogenated alkanes) is 1. The molecule has 0 saturated heterocycles. The minimum Gasteiger partial charge on any atom is -0.463 e. The van der Waals surface area contributed by atoms with Crippen LogP contribution in [0.5, 0.6) is 0 Å². The fourth-order valence-electron chi connectivity index (χ4n) is 3.02. The van der Waals surface area contributed by atoms with Crippen molar-refractivity contribution in [2.75, 3.05) is 6.61 Å². The molecule has 0 aromatic carbocycles. The fraction of sp³-hybridized carbons (Fsp3) is 0.778. The summed E-state index contributed by atoms with van der Waals surface area (Å²) < 4.78 is 5.17. The van der Waals surface area contributed by atoms with Crippen molar-refractivity contribution in [1.29, 1.82) is 0 Å². The van der Waals surface area contributed by atoms with Crippen molar-refractivity contribution in [2.45, 2.75) is 77.6 Å². The predicted octanol–water partition coefficient (Wildman–Crippen LogP) is 4.74. The number of allylic oxidation sites excluding steroid dienone is 1. The Morgan fingerprint density at radius 3 is 2.64 bits per heavy atom. The van der Waals surface area contributed by atoms with Crippen LogP contribution in [0.4, 0.5) is 0 Å². The molecular formula is C18H32O3Si. The van der Waals surface area contributed by atoms with Gasteiger partial charge in [-0.3, -0.25) is 4.79 Å². The van der Waals surface area contributed by atoms with Crippen LogP contribution < -0.4 is 0 Å². The zero-order valence-corrected chi connectivity index (χ0v) is 15.7. The molecule has 0 spiro atoms. The zero-order chi connectivity index (χ0) is 16.6. The Morgan fingerprint density at radius 1 is 1.32 bits per heavy atom. The Balaban J connectivity index is 2.49. The topological polar surface area (TPSA) is 43.4 Å². The first-order valence-electron chi connectivity index (χ1n) is 8.72. The zero-order valence-electron chi connectivity index (χ0n) is 14.7. The monoisotopic (exact) mass is 324 g/mol. The quantitative estimate of drug-likeness (QED) is 0.280. The van der Waals surface area contributed by atoms with E-state index in [4.69, 9.17) is 4.74 Å². The molecule has 1 unspecified atom stereocenters.